The zero-order valence-electron chi connectivity index (χ0n) is 8.08. The SMILES string of the molecule is C#CCNC(=O)C(C)N(C)CCO. The third-order valence-electron chi connectivity index (χ3n) is 1.86. The van der Waals surface area contributed by atoms with Gasteiger partial charge in [0.15, 0.2) is 0 Å². The molecule has 0 saturated carbocycles. The zero-order valence-corrected chi connectivity index (χ0v) is 8.08. The molecule has 0 aromatic carbocycles. The summed E-state index contributed by atoms with van der Waals surface area (Å²) in [5.74, 6) is 2.21. The Morgan fingerprint density at radius 2 is 2.38 bits per heavy atom. The average molecular weight is 184 g/mol. The van der Waals surface area contributed by atoms with Crippen LogP contribution in [0.15, 0.2) is 0 Å². The van der Waals surface area contributed by atoms with Crippen molar-refractivity contribution in [1.82, 2.24) is 10.2 Å². The van der Waals surface area contributed by atoms with E-state index in [1.165, 1.54) is 0 Å². The van der Waals surface area contributed by atoms with E-state index in [4.69, 9.17) is 11.5 Å². The molecule has 4 nitrogen and oxygen atoms in total. The Bertz CT molecular complexity index is 198. The van der Waals surface area contributed by atoms with Gasteiger partial charge in [-0.3, -0.25) is 9.69 Å². The molecule has 4 heteroatoms. The van der Waals surface area contributed by atoms with Crippen molar-refractivity contribution in [1.29, 1.82) is 0 Å². The van der Waals surface area contributed by atoms with Crippen molar-refractivity contribution < 1.29 is 9.90 Å². The summed E-state index contributed by atoms with van der Waals surface area (Å²) < 4.78 is 0. The number of amides is 1. The molecule has 0 rings (SSSR count). The van der Waals surface area contributed by atoms with Gasteiger partial charge in [0.25, 0.3) is 0 Å². The van der Waals surface area contributed by atoms with Crippen LogP contribution < -0.4 is 5.32 Å². The molecule has 2 N–H and O–H groups in total. The topological polar surface area (TPSA) is 52.6 Å². The second kappa shape index (κ2) is 6.46. The Labute approximate surface area is 78.9 Å². The predicted octanol–water partition coefficient (Wildman–Crippen LogP) is -0.952. The summed E-state index contributed by atoms with van der Waals surface area (Å²) in [4.78, 5) is 13.0. The minimum atomic E-state index is -0.263. The summed E-state index contributed by atoms with van der Waals surface area (Å²) in [6.45, 7) is 2.53. The standard InChI is InChI=1S/C9H16N2O2/c1-4-5-10-9(13)8(2)11(3)6-7-12/h1,8,12H,5-7H2,2-3H3,(H,10,13). The van der Waals surface area contributed by atoms with Gasteiger partial charge in [0, 0.05) is 6.54 Å². The number of rotatable bonds is 5. The number of likely N-dealkylation sites (N-methyl/N-ethyl adjacent to an activating group) is 1. The van der Waals surface area contributed by atoms with Crippen LogP contribution in [0.4, 0.5) is 0 Å². The number of nitrogens with one attached hydrogen (secondary N) is 1. The highest BCUT2D eigenvalue weighted by Gasteiger charge is 2.16. The number of aliphatic hydroxyl groups is 1. The van der Waals surface area contributed by atoms with E-state index in [-0.39, 0.29) is 25.1 Å². The fraction of sp³-hybridized carbons (Fsp3) is 0.667. The largest absolute Gasteiger partial charge is 0.395 e. The van der Waals surface area contributed by atoms with E-state index in [0.717, 1.165) is 0 Å². The van der Waals surface area contributed by atoms with Gasteiger partial charge in [0.1, 0.15) is 0 Å². The van der Waals surface area contributed by atoms with Crippen molar-refractivity contribution in [2.45, 2.75) is 13.0 Å². The van der Waals surface area contributed by atoms with Gasteiger partial charge in [-0.25, -0.2) is 0 Å². The maximum Gasteiger partial charge on any atom is 0.237 e. The first-order valence-electron chi connectivity index (χ1n) is 4.15. The maximum atomic E-state index is 11.3. The molecule has 0 heterocycles. The van der Waals surface area contributed by atoms with E-state index in [2.05, 4.69) is 11.2 Å². The van der Waals surface area contributed by atoms with Crippen molar-refractivity contribution in [3.05, 3.63) is 0 Å². The number of terminal acetylenes is 1. The molecular weight excluding hydrogens is 168 g/mol. The summed E-state index contributed by atoms with van der Waals surface area (Å²) in [6.07, 6.45) is 4.99. The second-order valence-corrected chi connectivity index (χ2v) is 2.80. The Hall–Kier alpha value is -1.05. The number of carbonyl (C=O) groups is 1. The van der Waals surface area contributed by atoms with Crippen LogP contribution in [0.1, 0.15) is 6.92 Å². The highest BCUT2D eigenvalue weighted by Crippen LogP contribution is 1.93. The number of hydrogen-bond donors (Lipinski definition) is 2. The number of carbonyl (C=O) groups excluding carboxylic acids is 1. The Morgan fingerprint density at radius 1 is 1.77 bits per heavy atom. The van der Waals surface area contributed by atoms with E-state index in [9.17, 15) is 4.79 Å². The lowest BCUT2D eigenvalue weighted by Gasteiger charge is -2.22. The van der Waals surface area contributed by atoms with Crippen LogP contribution in [0, 0.1) is 12.3 Å². The third-order valence-corrected chi connectivity index (χ3v) is 1.86. The maximum absolute atomic E-state index is 11.3. The summed E-state index contributed by atoms with van der Waals surface area (Å²) in [6, 6.07) is -0.263. The van der Waals surface area contributed by atoms with E-state index in [1.54, 1.807) is 18.9 Å². The van der Waals surface area contributed by atoms with Crippen molar-refractivity contribution in [3.63, 3.8) is 0 Å². The summed E-state index contributed by atoms with van der Waals surface area (Å²) in [5, 5.41) is 11.2. The molecule has 1 unspecified atom stereocenters. The molecule has 0 aliphatic heterocycles. The Morgan fingerprint density at radius 3 is 2.85 bits per heavy atom. The third kappa shape index (κ3) is 4.51. The normalized spacial score (nSPS) is 12.2. The molecule has 0 radical (unpaired) electrons. The van der Waals surface area contributed by atoms with Gasteiger partial charge in [-0.2, -0.15) is 0 Å². The van der Waals surface area contributed by atoms with Crippen molar-refractivity contribution in [2.24, 2.45) is 0 Å². The molecule has 0 aliphatic rings. The molecule has 0 fully saturated rings. The highest BCUT2D eigenvalue weighted by atomic mass is 16.3. The summed E-state index contributed by atoms with van der Waals surface area (Å²) >= 11 is 0. The van der Waals surface area contributed by atoms with Crippen molar-refractivity contribution >= 4 is 5.91 Å². The van der Waals surface area contributed by atoms with Gasteiger partial charge in [-0.1, -0.05) is 5.92 Å². The van der Waals surface area contributed by atoms with Crippen molar-refractivity contribution in [2.75, 3.05) is 26.7 Å². The molecule has 13 heavy (non-hydrogen) atoms. The fourth-order valence-electron chi connectivity index (χ4n) is 0.837. The molecule has 0 aromatic heterocycles. The summed E-state index contributed by atoms with van der Waals surface area (Å²) in [7, 11) is 1.77. The van der Waals surface area contributed by atoms with Crippen LogP contribution in [-0.2, 0) is 4.79 Å². The number of hydrogen-bond acceptors (Lipinski definition) is 3. The first-order valence-corrected chi connectivity index (χ1v) is 4.15. The van der Waals surface area contributed by atoms with Gasteiger partial charge in [-0.05, 0) is 14.0 Å². The fourth-order valence-corrected chi connectivity index (χ4v) is 0.837. The molecule has 0 bridgehead atoms. The molecular formula is C9H16N2O2. The van der Waals surface area contributed by atoms with E-state index < -0.39 is 0 Å². The molecule has 1 atom stereocenters. The molecule has 1 amide bonds. The first-order chi connectivity index (χ1) is 6.13. The van der Waals surface area contributed by atoms with Gasteiger partial charge in [0.2, 0.25) is 5.91 Å². The second-order valence-electron chi connectivity index (χ2n) is 2.80. The van der Waals surface area contributed by atoms with Gasteiger partial charge < -0.3 is 10.4 Å². The van der Waals surface area contributed by atoms with Crippen LogP contribution in [0.3, 0.4) is 0 Å². The van der Waals surface area contributed by atoms with Crippen LogP contribution in [-0.4, -0.2) is 48.7 Å². The minimum absolute atomic E-state index is 0.0449. The lowest BCUT2D eigenvalue weighted by atomic mass is 10.3. The number of aliphatic hydroxyl groups excluding tert-OH is 1. The first kappa shape index (κ1) is 11.9. The van der Waals surface area contributed by atoms with Crippen LogP contribution in [0.5, 0.6) is 0 Å². The lowest BCUT2D eigenvalue weighted by Crippen LogP contribution is -2.44. The molecule has 74 valence electrons. The lowest BCUT2D eigenvalue weighted by molar-refractivity contribution is -0.125. The monoisotopic (exact) mass is 184 g/mol. The average Bonchev–Trinajstić information content (AvgIpc) is 2.13. The van der Waals surface area contributed by atoms with Crippen LogP contribution in [0.2, 0.25) is 0 Å². The quantitative estimate of drug-likeness (QED) is 0.542. The van der Waals surface area contributed by atoms with E-state index in [1.807, 2.05) is 0 Å². The Balaban J connectivity index is 3.87. The van der Waals surface area contributed by atoms with Crippen LogP contribution >= 0.6 is 0 Å². The van der Waals surface area contributed by atoms with E-state index in [0.29, 0.717) is 6.54 Å². The molecule has 0 aliphatic carbocycles. The smallest absolute Gasteiger partial charge is 0.237 e. The van der Waals surface area contributed by atoms with Gasteiger partial charge >= 0.3 is 0 Å². The van der Waals surface area contributed by atoms with Gasteiger partial charge in [0.05, 0.1) is 19.2 Å². The summed E-state index contributed by atoms with van der Waals surface area (Å²) in [5.41, 5.74) is 0. The van der Waals surface area contributed by atoms with Crippen molar-refractivity contribution in [3.8, 4) is 12.3 Å². The van der Waals surface area contributed by atoms with E-state index >= 15 is 0 Å². The van der Waals surface area contributed by atoms with Crippen LogP contribution in [0.25, 0.3) is 0 Å². The predicted molar refractivity (Wildman–Crippen MR) is 51.0 cm³/mol. The molecule has 0 aromatic rings. The molecule has 0 spiro atoms. The minimum Gasteiger partial charge on any atom is -0.395 e. The zero-order chi connectivity index (χ0) is 10.3. The van der Waals surface area contributed by atoms with Gasteiger partial charge in [-0.15, -0.1) is 6.42 Å². The highest BCUT2D eigenvalue weighted by molar-refractivity contribution is 5.81. The molecule has 0 saturated heterocycles. The number of nitrogens with zero attached hydrogens (tertiary/aromatic N) is 1. The Kier molecular flexibility index (Phi) is 5.94.